The van der Waals surface area contributed by atoms with Crippen LogP contribution in [0.5, 0.6) is 0 Å². The summed E-state index contributed by atoms with van der Waals surface area (Å²) in [5, 5.41) is 10.8. The Balaban J connectivity index is 1.45. The Morgan fingerprint density at radius 1 is 1.28 bits per heavy atom. The second kappa shape index (κ2) is 8.02. The molecule has 1 amide bonds. The van der Waals surface area contributed by atoms with E-state index in [1.165, 1.54) is 21.5 Å². The summed E-state index contributed by atoms with van der Waals surface area (Å²) in [5.41, 5.74) is 0.792. The van der Waals surface area contributed by atoms with Crippen molar-refractivity contribution in [2.75, 3.05) is 5.32 Å². The Morgan fingerprint density at radius 3 is 2.72 bits per heavy atom. The van der Waals surface area contributed by atoms with Crippen LogP contribution in [-0.2, 0) is 17.9 Å². The van der Waals surface area contributed by atoms with Crippen LogP contribution in [-0.4, -0.2) is 25.5 Å². The monoisotopic (exact) mass is 467 g/mol. The molecule has 1 aromatic carbocycles. The first kappa shape index (κ1) is 19.7. The summed E-state index contributed by atoms with van der Waals surface area (Å²) < 4.78 is 43.1. The Labute approximate surface area is 172 Å². The van der Waals surface area contributed by atoms with Gasteiger partial charge in [-0.3, -0.25) is 14.2 Å². The summed E-state index contributed by atoms with van der Waals surface area (Å²) >= 11 is 3.32. The Morgan fingerprint density at radius 2 is 2.03 bits per heavy atom. The molecule has 1 aliphatic rings. The first-order valence-electron chi connectivity index (χ1n) is 9.02. The number of aromatic nitrogens is 4. The number of halogens is 4. The van der Waals surface area contributed by atoms with Gasteiger partial charge in [-0.15, -0.1) is 0 Å². The molecule has 0 atom stereocenters. The van der Waals surface area contributed by atoms with Crippen LogP contribution in [0, 0.1) is 5.82 Å². The third-order valence-electron chi connectivity index (χ3n) is 4.61. The molecular formula is C19H17BrF3N5O. The topological polar surface area (TPSA) is 64.7 Å². The molecule has 1 N–H and O–H groups in total. The van der Waals surface area contributed by atoms with Crippen molar-refractivity contribution in [3.8, 4) is 0 Å². The highest BCUT2D eigenvalue weighted by molar-refractivity contribution is 9.10. The normalized spacial score (nSPS) is 13.8. The number of nitrogens with zero attached hydrogens (tertiary/aromatic N) is 4. The standard InChI is InChI=1S/C19H17BrF3N5O/c20-13-9-27(8-12-3-1-2-4-14(12)21)26-19(13)24-17(29)10-28-16(11-5-6-11)7-15(25-28)18(22)23/h1-4,7,9,11,18H,5-6,8,10H2,(H,24,26,29). The second-order valence-electron chi connectivity index (χ2n) is 6.89. The number of carbonyl (C=O) groups excluding carboxylic acids is 1. The SMILES string of the molecule is O=C(Cn1nc(C(F)F)cc1C1CC1)Nc1nn(Cc2ccccc2F)cc1Br. The Kier molecular flexibility index (Phi) is 5.44. The first-order valence-corrected chi connectivity index (χ1v) is 9.82. The molecule has 1 saturated carbocycles. The van der Waals surface area contributed by atoms with Gasteiger partial charge in [0.25, 0.3) is 6.43 Å². The maximum Gasteiger partial charge on any atom is 0.282 e. The van der Waals surface area contributed by atoms with Crippen LogP contribution in [0.25, 0.3) is 0 Å². The van der Waals surface area contributed by atoms with Gasteiger partial charge in [0.2, 0.25) is 5.91 Å². The van der Waals surface area contributed by atoms with Gasteiger partial charge >= 0.3 is 0 Å². The van der Waals surface area contributed by atoms with Crippen molar-refractivity contribution in [3.63, 3.8) is 0 Å². The summed E-state index contributed by atoms with van der Waals surface area (Å²) in [6.45, 7) is 0.00897. The van der Waals surface area contributed by atoms with Gasteiger partial charge in [-0.1, -0.05) is 18.2 Å². The molecule has 0 unspecified atom stereocenters. The number of anilines is 1. The lowest BCUT2D eigenvalue weighted by atomic mass is 10.2. The lowest BCUT2D eigenvalue weighted by Gasteiger charge is -2.07. The zero-order chi connectivity index (χ0) is 20.5. The lowest BCUT2D eigenvalue weighted by Crippen LogP contribution is -2.21. The van der Waals surface area contributed by atoms with E-state index in [-0.39, 0.29) is 36.3 Å². The quantitative estimate of drug-likeness (QED) is 0.556. The third-order valence-corrected chi connectivity index (χ3v) is 5.19. The van der Waals surface area contributed by atoms with Gasteiger partial charge in [0.05, 0.1) is 11.0 Å². The van der Waals surface area contributed by atoms with E-state index in [1.807, 2.05) is 0 Å². The first-order chi connectivity index (χ1) is 13.9. The van der Waals surface area contributed by atoms with Crippen LogP contribution in [0.1, 0.15) is 42.1 Å². The minimum Gasteiger partial charge on any atom is -0.307 e. The van der Waals surface area contributed by atoms with E-state index in [4.69, 9.17) is 0 Å². The van der Waals surface area contributed by atoms with Crippen LogP contribution >= 0.6 is 15.9 Å². The van der Waals surface area contributed by atoms with Gasteiger partial charge in [0.15, 0.2) is 5.82 Å². The molecule has 2 aromatic heterocycles. The minimum atomic E-state index is -2.68. The maximum absolute atomic E-state index is 13.8. The van der Waals surface area contributed by atoms with Gasteiger partial charge in [0, 0.05) is 23.4 Å². The van der Waals surface area contributed by atoms with E-state index in [2.05, 4.69) is 31.4 Å². The summed E-state index contributed by atoms with van der Waals surface area (Å²) in [4.78, 5) is 12.4. The average molecular weight is 468 g/mol. The fourth-order valence-electron chi connectivity index (χ4n) is 3.06. The molecule has 0 bridgehead atoms. The Hall–Kier alpha value is -2.62. The number of amides is 1. The second-order valence-corrected chi connectivity index (χ2v) is 7.74. The third kappa shape index (κ3) is 4.52. The number of nitrogens with one attached hydrogen (secondary N) is 1. The number of alkyl halides is 2. The van der Waals surface area contributed by atoms with Crippen molar-refractivity contribution in [2.24, 2.45) is 0 Å². The molecular weight excluding hydrogens is 451 g/mol. The van der Waals surface area contributed by atoms with E-state index in [9.17, 15) is 18.0 Å². The highest BCUT2D eigenvalue weighted by Crippen LogP contribution is 2.41. The van der Waals surface area contributed by atoms with Crippen LogP contribution in [0.15, 0.2) is 41.0 Å². The van der Waals surface area contributed by atoms with Gasteiger partial charge in [-0.2, -0.15) is 10.2 Å². The van der Waals surface area contributed by atoms with Crippen LogP contribution in [0.3, 0.4) is 0 Å². The molecule has 4 rings (SSSR count). The highest BCUT2D eigenvalue weighted by atomic mass is 79.9. The molecule has 0 radical (unpaired) electrons. The largest absolute Gasteiger partial charge is 0.307 e. The fraction of sp³-hybridized carbons (Fsp3) is 0.316. The van der Waals surface area contributed by atoms with Crippen molar-refractivity contribution in [1.82, 2.24) is 19.6 Å². The Bertz CT molecular complexity index is 1040. The van der Waals surface area contributed by atoms with E-state index in [0.717, 1.165) is 12.8 Å². The fourth-order valence-corrected chi connectivity index (χ4v) is 3.48. The van der Waals surface area contributed by atoms with Crippen molar-refractivity contribution in [2.45, 2.75) is 38.3 Å². The zero-order valence-corrected chi connectivity index (χ0v) is 16.7. The molecule has 0 aliphatic heterocycles. The molecule has 152 valence electrons. The summed E-state index contributed by atoms with van der Waals surface area (Å²) in [7, 11) is 0. The number of carbonyl (C=O) groups is 1. The molecule has 1 aliphatic carbocycles. The molecule has 6 nitrogen and oxygen atoms in total. The summed E-state index contributed by atoms with van der Waals surface area (Å²) in [6.07, 6.45) is 0.754. The molecule has 10 heteroatoms. The van der Waals surface area contributed by atoms with Gasteiger partial charge in [-0.25, -0.2) is 13.2 Å². The molecule has 3 aromatic rings. The van der Waals surface area contributed by atoms with Crippen molar-refractivity contribution < 1.29 is 18.0 Å². The van der Waals surface area contributed by atoms with E-state index in [1.54, 1.807) is 24.4 Å². The molecule has 0 spiro atoms. The predicted octanol–water partition coefficient (Wildman–Crippen LogP) is 4.48. The lowest BCUT2D eigenvalue weighted by molar-refractivity contribution is -0.117. The molecule has 29 heavy (non-hydrogen) atoms. The van der Waals surface area contributed by atoms with Crippen molar-refractivity contribution >= 4 is 27.7 Å². The predicted molar refractivity (Wildman–Crippen MR) is 103 cm³/mol. The molecule has 2 heterocycles. The smallest absolute Gasteiger partial charge is 0.282 e. The van der Waals surface area contributed by atoms with E-state index in [0.29, 0.717) is 15.7 Å². The van der Waals surface area contributed by atoms with Gasteiger partial charge in [0.1, 0.15) is 18.1 Å². The highest BCUT2D eigenvalue weighted by Gasteiger charge is 2.30. The number of hydrogen-bond acceptors (Lipinski definition) is 3. The number of hydrogen-bond donors (Lipinski definition) is 1. The van der Waals surface area contributed by atoms with E-state index < -0.39 is 12.3 Å². The minimum absolute atomic E-state index is 0.175. The van der Waals surface area contributed by atoms with Crippen LogP contribution in [0.2, 0.25) is 0 Å². The van der Waals surface area contributed by atoms with Crippen molar-refractivity contribution in [1.29, 1.82) is 0 Å². The van der Waals surface area contributed by atoms with Gasteiger partial charge in [-0.05, 0) is 40.9 Å². The number of rotatable bonds is 7. The average Bonchev–Trinajstić information content (AvgIpc) is 3.34. The summed E-state index contributed by atoms with van der Waals surface area (Å²) in [6, 6.07) is 7.73. The molecule has 0 saturated heterocycles. The van der Waals surface area contributed by atoms with Crippen molar-refractivity contribution in [3.05, 3.63) is 63.8 Å². The van der Waals surface area contributed by atoms with E-state index >= 15 is 0 Å². The van der Waals surface area contributed by atoms with Gasteiger partial charge < -0.3 is 5.32 Å². The number of benzene rings is 1. The zero-order valence-electron chi connectivity index (χ0n) is 15.2. The molecule has 1 fully saturated rings. The summed E-state index contributed by atoms with van der Waals surface area (Å²) in [5.74, 6) is -0.339. The van der Waals surface area contributed by atoms with Crippen LogP contribution < -0.4 is 5.32 Å². The maximum atomic E-state index is 13.8. The van der Waals surface area contributed by atoms with Crippen LogP contribution in [0.4, 0.5) is 19.0 Å².